The fourth-order valence-electron chi connectivity index (χ4n) is 3.99. The molecule has 4 rings (SSSR count). The van der Waals surface area contributed by atoms with Crippen LogP contribution < -0.4 is 4.90 Å². The number of piperazine rings is 1. The first-order valence-electron chi connectivity index (χ1n) is 9.91. The van der Waals surface area contributed by atoms with Crippen molar-refractivity contribution in [3.05, 3.63) is 65.6 Å². The Morgan fingerprint density at radius 2 is 1.80 bits per heavy atom. The Morgan fingerprint density at radius 3 is 2.47 bits per heavy atom. The van der Waals surface area contributed by atoms with Crippen molar-refractivity contribution in [3.63, 3.8) is 0 Å². The lowest BCUT2D eigenvalue weighted by molar-refractivity contribution is 0.0589. The lowest BCUT2D eigenvalue weighted by Gasteiger charge is -2.35. The van der Waals surface area contributed by atoms with E-state index in [1.165, 1.54) is 13.2 Å². The molecule has 30 heavy (non-hydrogen) atoms. The molecule has 3 aromatic rings. The highest BCUT2D eigenvalue weighted by atomic mass is 19.1. The van der Waals surface area contributed by atoms with Crippen LogP contribution in [-0.2, 0) is 15.9 Å². The molecule has 0 saturated carbocycles. The van der Waals surface area contributed by atoms with Crippen molar-refractivity contribution < 1.29 is 18.6 Å². The number of benzene rings is 2. The van der Waals surface area contributed by atoms with Crippen molar-refractivity contribution in [2.24, 2.45) is 0 Å². The van der Waals surface area contributed by atoms with Crippen molar-refractivity contribution in [1.82, 2.24) is 9.38 Å². The predicted molar refractivity (Wildman–Crippen MR) is 115 cm³/mol. The molecule has 0 bridgehead atoms. The molecule has 1 saturated heterocycles. The number of hydrogen-bond acceptors (Lipinski definition) is 5. The van der Waals surface area contributed by atoms with E-state index >= 15 is 0 Å². The summed E-state index contributed by atoms with van der Waals surface area (Å²) < 4.78 is 26.6. The zero-order valence-electron chi connectivity index (χ0n) is 17.2. The molecular formula is C22H24BFN3O3. The van der Waals surface area contributed by atoms with Gasteiger partial charge in [-0.25, -0.2) is 9.18 Å². The van der Waals surface area contributed by atoms with Gasteiger partial charge in [0, 0.05) is 50.9 Å². The largest absolute Gasteiger partial charge is 0.464 e. The summed E-state index contributed by atoms with van der Waals surface area (Å²) in [6.07, 6.45) is 0. The summed E-state index contributed by atoms with van der Waals surface area (Å²) in [5.41, 5.74) is 2.91. The Hall–Kier alpha value is -2.84. The third kappa shape index (κ3) is 4.06. The number of carbonyl (C=O) groups is 1. The van der Waals surface area contributed by atoms with Gasteiger partial charge in [0.2, 0.25) is 0 Å². The van der Waals surface area contributed by atoms with Crippen LogP contribution in [0.25, 0.3) is 10.9 Å². The van der Waals surface area contributed by atoms with E-state index in [-0.39, 0.29) is 5.82 Å². The normalized spacial score (nSPS) is 14.8. The minimum Gasteiger partial charge on any atom is -0.464 e. The number of nitrogens with zero attached hydrogens (tertiary/aromatic N) is 3. The van der Waals surface area contributed by atoms with E-state index in [0.717, 1.165) is 42.8 Å². The van der Waals surface area contributed by atoms with Gasteiger partial charge in [-0.1, -0.05) is 30.3 Å². The van der Waals surface area contributed by atoms with Crippen molar-refractivity contribution in [2.45, 2.75) is 6.54 Å². The average Bonchev–Trinajstić information content (AvgIpc) is 3.12. The molecule has 1 aliphatic heterocycles. The van der Waals surface area contributed by atoms with Crippen LogP contribution in [0.1, 0.15) is 16.1 Å². The fourth-order valence-corrected chi connectivity index (χ4v) is 3.99. The van der Waals surface area contributed by atoms with Gasteiger partial charge in [-0.05, 0) is 23.8 Å². The van der Waals surface area contributed by atoms with Crippen LogP contribution in [0, 0.1) is 5.82 Å². The van der Waals surface area contributed by atoms with Crippen LogP contribution in [0.5, 0.6) is 0 Å². The monoisotopic (exact) mass is 408 g/mol. The molecule has 0 spiro atoms. The van der Waals surface area contributed by atoms with Gasteiger partial charge in [0.05, 0.1) is 12.6 Å². The third-order valence-corrected chi connectivity index (χ3v) is 5.45. The maximum atomic E-state index is 14.7. The molecule has 8 heteroatoms. The highest BCUT2D eigenvalue weighted by molar-refractivity contribution is 6.23. The molecule has 0 N–H and O–H groups in total. The Labute approximate surface area is 176 Å². The maximum Gasteiger partial charge on any atom is 0.398 e. The van der Waals surface area contributed by atoms with Crippen LogP contribution in [0.15, 0.2) is 48.5 Å². The second kappa shape index (κ2) is 8.89. The number of esters is 1. The number of hydrogen-bond donors (Lipinski definition) is 0. The first-order chi connectivity index (χ1) is 14.6. The number of carbonyl (C=O) groups excluding carboxylic acids is 1. The summed E-state index contributed by atoms with van der Waals surface area (Å²) >= 11 is 0. The minimum absolute atomic E-state index is 0.327. The standard InChI is InChI=1S/C22H24BFN3O3/c1-29-22(28)21-14-18-19(25-8-10-26(11-9-25)23-30-2)12-17(24)13-20(18)27(21)15-16-6-4-3-5-7-16/h3-7,12-14H,8-11,15H2,1-2H3. The zero-order chi connectivity index (χ0) is 21.1. The number of halogens is 1. The Balaban J connectivity index is 1.77. The van der Waals surface area contributed by atoms with E-state index in [4.69, 9.17) is 9.39 Å². The van der Waals surface area contributed by atoms with E-state index in [9.17, 15) is 9.18 Å². The van der Waals surface area contributed by atoms with Crippen LogP contribution in [0.3, 0.4) is 0 Å². The van der Waals surface area contributed by atoms with Crippen LogP contribution >= 0.6 is 0 Å². The number of rotatable bonds is 6. The van der Waals surface area contributed by atoms with Gasteiger partial charge < -0.3 is 23.7 Å². The van der Waals surface area contributed by atoms with Gasteiger partial charge in [-0.2, -0.15) is 0 Å². The molecule has 2 heterocycles. The lowest BCUT2D eigenvalue weighted by atomic mass is 10.1. The summed E-state index contributed by atoms with van der Waals surface area (Å²) in [5.74, 6) is -0.764. The van der Waals surface area contributed by atoms with Crippen molar-refractivity contribution in [2.75, 3.05) is 45.3 Å². The maximum absolute atomic E-state index is 14.7. The predicted octanol–water partition coefficient (Wildman–Crippen LogP) is 2.92. The number of aromatic nitrogens is 1. The second-order valence-electron chi connectivity index (χ2n) is 7.31. The van der Waals surface area contributed by atoms with Gasteiger partial charge in [-0.3, -0.25) is 0 Å². The molecule has 155 valence electrons. The molecule has 0 unspecified atom stereocenters. The molecule has 1 fully saturated rings. The highest BCUT2D eigenvalue weighted by Gasteiger charge is 2.24. The summed E-state index contributed by atoms with van der Waals surface area (Å²) in [5, 5.41) is 0.844. The summed E-state index contributed by atoms with van der Waals surface area (Å²) in [7, 11) is 4.70. The Kier molecular flexibility index (Phi) is 6.06. The van der Waals surface area contributed by atoms with Crippen LogP contribution in [-0.4, -0.2) is 63.4 Å². The quantitative estimate of drug-likeness (QED) is 0.464. The molecule has 2 aromatic carbocycles. The molecule has 1 radical (unpaired) electrons. The van der Waals surface area contributed by atoms with E-state index < -0.39 is 5.97 Å². The van der Waals surface area contributed by atoms with E-state index in [0.29, 0.717) is 17.8 Å². The van der Waals surface area contributed by atoms with Crippen LogP contribution in [0.4, 0.5) is 10.1 Å². The number of ether oxygens (including phenoxy) is 1. The third-order valence-electron chi connectivity index (χ3n) is 5.45. The topological polar surface area (TPSA) is 46.9 Å². The Morgan fingerprint density at radius 1 is 1.07 bits per heavy atom. The molecule has 0 aliphatic carbocycles. The SMILES string of the molecule is CO[B]N1CCN(c2cc(F)cc3c2cc(C(=O)OC)n3Cc2ccccc2)CC1. The number of fused-ring (bicyclic) bond motifs is 1. The Bertz CT molecular complexity index is 1030. The average molecular weight is 408 g/mol. The fraction of sp³-hybridized carbons (Fsp3) is 0.318. The second-order valence-corrected chi connectivity index (χ2v) is 7.31. The molecule has 0 amide bonds. The smallest absolute Gasteiger partial charge is 0.398 e. The van der Waals surface area contributed by atoms with Gasteiger partial charge >= 0.3 is 13.6 Å². The van der Waals surface area contributed by atoms with Crippen molar-refractivity contribution >= 4 is 30.2 Å². The van der Waals surface area contributed by atoms with E-state index in [2.05, 4.69) is 9.71 Å². The highest BCUT2D eigenvalue weighted by Crippen LogP contribution is 2.33. The summed E-state index contributed by atoms with van der Waals surface area (Å²) in [6.45, 7) is 3.47. The summed E-state index contributed by atoms with van der Waals surface area (Å²) in [6, 6.07) is 14.7. The van der Waals surface area contributed by atoms with E-state index in [1.54, 1.807) is 20.8 Å². The first-order valence-corrected chi connectivity index (χ1v) is 9.91. The van der Waals surface area contributed by atoms with Crippen molar-refractivity contribution in [1.29, 1.82) is 0 Å². The van der Waals surface area contributed by atoms with Gasteiger partial charge in [0.25, 0.3) is 0 Å². The van der Waals surface area contributed by atoms with E-state index in [1.807, 2.05) is 41.0 Å². The molecule has 6 nitrogen and oxygen atoms in total. The van der Waals surface area contributed by atoms with Crippen molar-refractivity contribution in [3.8, 4) is 0 Å². The molecule has 1 aliphatic rings. The van der Waals surface area contributed by atoms with Gasteiger partial charge in [0.15, 0.2) is 0 Å². The molecule has 1 aromatic heterocycles. The minimum atomic E-state index is -0.437. The zero-order valence-corrected chi connectivity index (χ0v) is 17.2. The molecular weight excluding hydrogens is 384 g/mol. The lowest BCUT2D eigenvalue weighted by Crippen LogP contribution is -2.48. The van der Waals surface area contributed by atoms with Gasteiger partial charge in [0.1, 0.15) is 11.5 Å². The molecule has 0 atom stereocenters. The van der Waals surface area contributed by atoms with Gasteiger partial charge in [-0.15, -0.1) is 0 Å². The number of methoxy groups -OCH3 is 1. The summed E-state index contributed by atoms with van der Waals surface area (Å²) in [4.78, 5) is 16.7. The van der Waals surface area contributed by atoms with Crippen LogP contribution in [0.2, 0.25) is 0 Å². The first kappa shape index (κ1) is 20.4. The number of anilines is 1.